The van der Waals surface area contributed by atoms with Gasteiger partial charge in [0.2, 0.25) is 0 Å². The molecule has 0 bridgehead atoms. The molecule has 5 heteroatoms. The van der Waals surface area contributed by atoms with Crippen LogP contribution in [0.15, 0.2) is 23.1 Å². The van der Waals surface area contributed by atoms with Crippen molar-refractivity contribution in [2.75, 3.05) is 18.4 Å². The van der Waals surface area contributed by atoms with E-state index in [2.05, 4.69) is 25.2 Å². The maximum atomic E-state index is 12.4. The minimum Gasteiger partial charge on any atom is -0.389 e. The molecule has 0 radical (unpaired) electrons. The van der Waals surface area contributed by atoms with Crippen molar-refractivity contribution in [3.05, 3.63) is 23.8 Å². The van der Waals surface area contributed by atoms with E-state index < -0.39 is 5.60 Å². The number of benzene rings is 1. The standard InChI is InChI=1S/C18H30N2O2S/c1-7-14(4)23-15-9-10-16(13(3)11-15)19-17(21)20(8-2)12-18(5,6)22/h9-11,14,22H,7-8,12H2,1-6H3,(H,19,21). The van der Waals surface area contributed by atoms with Crippen LogP contribution in [0.1, 0.15) is 46.6 Å². The van der Waals surface area contributed by atoms with E-state index in [-0.39, 0.29) is 6.03 Å². The first-order valence-electron chi connectivity index (χ1n) is 8.22. The summed E-state index contributed by atoms with van der Waals surface area (Å²) >= 11 is 1.85. The van der Waals surface area contributed by atoms with Crippen LogP contribution < -0.4 is 5.32 Å². The number of hydrogen-bond donors (Lipinski definition) is 2. The second-order valence-electron chi connectivity index (χ2n) is 6.57. The number of anilines is 1. The van der Waals surface area contributed by atoms with Crippen LogP contribution in [-0.2, 0) is 0 Å². The number of aliphatic hydroxyl groups is 1. The molecule has 1 aromatic rings. The van der Waals surface area contributed by atoms with Gasteiger partial charge in [0, 0.05) is 22.4 Å². The van der Waals surface area contributed by atoms with Gasteiger partial charge in [-0.3, -0.25) is 0 Å². The van der Waals surface area contributed by atoms with Crippen molar-refractivity contribution >= 4 is 23.5 Å². The first-order chi connectivity index (χ1) is 10.7. The molecule has 0 aliphatic carbocycles. The number of likely N-dealkylation sites (N-methyl/N-ethyl adjacent to an activating group) is 1. The van der Waals surface area contributed by atoms with E-state index in [0.717, 1.165) is 17.7 Å². The average Bonchev–Trinajstić information content (AvgIpc) is 2.46. The number of nitrogens with one attached hydrogen (secondary N) is 1. The van der Waals surface area contributed by atoms with Crippen molar-refractivity contribution in [3.8, 4) is 0 Å². The third kappa shape index (κ3) is 6.83. The lowest BCUT2D eigenvalue weighted by molar-refractivity contribution is 0.0501. The number of carbonyl (C=O) groups excluding carboxylic acids is 1. The largest absolute Gasteiger partial charge is 0.389 e. The Labute approximate surface area is 144 Å². The highest BCUT2D eigenvalue weighted by molar-refractivity contribution is 7.99. The Morgan fingerprint density at radius 2 is 2.04 bits per heavy atom. The molecule has 2 amide bonds. The van der Waals surface area contributed by atoms with Crippen LogP contribution in [0, 0.1) is 6.92 Å². The topological polar surface area (TPSA) is 52.6 Å². The fourth-order valence-corrected chi connectivity index (χ4v) is 3.18. The summed E-state index contributed by atoms with van der Waals surface area (Å²) in [6.45, 7) is 12.6. The number of carbonyl (C=O) groups is 1. The van der Waals surface area contributed by atoms with Gasteiger partial charge in [0.1, 0.15) is 0 Å². The zero-order valence-corrected chi connectivity index (χ0v) is 16.0. The molecular formula is C18H30N2O2S. The number of aryl methyl sites for hydroxylation is 1. The summed E-state index contributed by atoms with van der Waals surface area (Å²) in [6.07, 6.45) is 1.13. The zero-order valence-electron chi connectivity index (χ0n) is 15.1. The van der Waals surface area contributed by atoms with Gasteiger partial charge in [-0.1, -0.05) is 13.8 Å². The third-order valence-electron chi connectivity index (χ3n) is 3.60. The molecule has 1 aromatic carbocycles. The van der Waals surface area contributed by atoms with Gasteiger partial charge in [-0.05, 0) is 57.9 Å². The SMILES string of the molecule is CCC(C)Sc1ccc(NC(=O)N(CC)CC(C)(C)O)c(C)c1. The third-order valence-corrected chi connectivity index (χ3v) is 4.86. The van der Waals surface area contributed by atoms with Gasteiger partial charge in [-0.15, -0.1) is 11.8 Å². The van der Waals surface area contributed by atoms with E-state index in [9.17, 15) is 9.90 Å². The highest BCUT2D eigenvalue weighted by Gasteiger charge is 2.21. The maximum Gasteiger partial charge on any atom is 0.321 e. The van der Waals surface area contributed by atoms with Gasteiger partial charge >= 0.3 is 6.03 Å². The molecule has 0 saturated carbocycles. The summed E-state index contributed by atoms with van der Waals surface area (Å²) in [5.74, 6) is 0. The van der Waals surface area contributed by atoms with Crippen LogP contribution >= 0.6 is 11.8 Å². The molecule has 1 rings (SSSR count). The van der Waals surface area contributed by atoms with E-state index in [1.54, 1.807) is 18.7 Å². The van der Waals surface area contributed by atoms with E-state index in [1.165, 1.54) is 4.90 Å². The van der Waals surface area contributed by atoms with Crippen molar-refractivity contribution in [1.82, 2.24) is 4.90 Å². The Kier molecular flexibility index (Phi) is 7.42. The number of urea groups is 1. The Balaban J connectivity index is 2.78. The second-order valence-corrected chi connectivity index (χ2v) is 8.08. The lowest BCUT2D eigenvalue weighted by Crippen LogP contribution is -2.44. The fraction of sp³-hybridized carbons (Fsp3) is 0.611. The zero-order chi connectivity index (χ0) is 17.6. The van der Waals surface area contributed by atoms with Crippen LogP contribution in [0.2, 0.25) is 0 Å². The van der Waals surface area contributed by atoms with Crippen LogP contribution in [0.3, 0.4) is 0 Å². The molecule has 2 N–H and O–H groups in total. The van der Waals surface area contributed by atoms with E-state index >= 15 is 0 Å². The van der Waals surface area contributed by atoms with Crippen molar-refractivity contribution in [3.63, 3.8) is 0 Å². The molecule has 0 aliphatic heterocycles. The van der Waals surface area contributed by atoms with Gasteiger partial charge in [0.15, 0.2) is 0 Å². The Morgan fingerprint density at radius 1 is 1.39 bits per heavy atom. The molecule has 0 aliphatic rings. The van der Waals surface area contributed by atoms with Crippen LogP contribution in [0.4, 0.5) is 10.5 Å². The summed E-state index contributed by atoms with van der Waals surface area (Å²) in [4.78, 5) is 15.2. The number of amides is 2. The molecule has 1 unspecified atom stereocenters. The van der Waals surface area contributed by atoms with Crippen molar-refractivity contribution < 1.29 is 9.90 Å². The van der Waals surface area contributed by atoms with E-state index in [1.807, 2.05) is 37.7 Å². The van der Waals surface area contributed by atoms with Crippen LogP contribution in [0.25, 0.3) is 0 Å². The number of nitrogens with zero attached hydrogens (tertiary/aromatic N) is 1. The van der Waals surface area contributed by atoms with Crippen LogP contribution in [-0.4, -0.2) is 40.0 Å². The van der Waals surface area contributed by atoms with E-state index in [4.69, 9.17) is 0 Å². The normalized spacial score (nSPS) is 12.8. The predicted octanol–water partition coefficient (Wildman–Crippen LogP) is 4.51. The minimum absolute atomic E-state index is 0.181. The summed E-state index contributed by atoms with van der Waals surface area (Å²) < 4.78 is 0. The van der Waals surface area contributed by atoms with Crippen molar-refractivity contribution in [2.24, 2.45) is 0 Å². The minimum atomic E-state index is -0.904. The molecule has 4 nitrogen and oxygen atoms in total. The summed E-state index contributed by atoms with van der Waals surface area (Å²) in [5, 5.41) is 13.4. The average molecular weight is 339 g/mol. The molecule has 0 heterocycles. The molecule has 23 heavy (non-hydrogen) atoms. The van der Waals surface area contributed by atoms with Gasteiger partial charge in [-0.25, -0.2) is 4.79 Å². The number of hydrogen-bond acceptors (Lipinski definition) is 3. The van der Waals surface area contributed by atoms with Gasteiger partial charge < -0.3 is 15.3 Å². The number of rotatable bonds is 7. The lowest BCUT2D eigenvalue weighted by atomic mass is 10.1. The molecule has 1 atom stereocenters. The van der Waals surface area contributed by atoms with Crippen LogP contribution in [0.5, 0.6) is 0 Å². The molecule has 0 saturated heterocycles. The van der Waals surface area contributed by atoms with Gasteiger partial charge in [0.05, 0.1) is 12.1 Å². The highest BCUT2D eigenvalue weighted by Crippen LogP contribution is 2.28. The van der Waals surface area contributed by atoms with E-state index in [0.29, 0.717) is 18.3 Å². The fourth-order valence-electron chi connectivity index (χ4n) is 2.15. The van der Waals surface area contributed by atoms with Gasteiger partial charge in [-0.2, -0.15) is 0 Å². The van der Waals surface area contributed by atoms with Crippen molar-refractivity contribution in [2.45, 2.75) is 63.7 Å². The Morgan fingerprint density at radius 3 is 2.52 bits per heavy atom. The molecule has 130 valence electrons. The van der Waals surface area contributed by atoms with Crippen molar-refractivity contribution in [1.29, 1.82) is 0 Å². The quantitative estimate of drug-likeness (QED) is 0.719. The second kappa shape index (κ2) is 8.60. The molecule has 0 aromatic heterocycles. The summed E-state index contributed by atoms with van der Waals surface area (Å²) in [6, 6.07) is 5.93. The molecule has 0 fully saturated rings. The first kappa shape index (κ1) is 19.8. The monoisotopic (exact) mass is 338 g/mol. The summed E-state index contributed by atoms with van der Waals surface area (Å²) in [5.41, 5.74) is 0.961. The lowest BCUT2D eigenvalue weighted by Gasteiger charge is -2.28. The smallest absolute Gasteiger partial charge is 0.321 e. The molecular weight excluding hydrogens is 308 g/mol. The number of thioether (sulfide) groups is 1. The highest BCUT2D eigenvalue weighted by atomic mass is 32.2. The first-order valence-corrected chi connectivity index (χ1v) is 9.09. The Hall–Kier alpha value is -1.20. The predicted molar refractivity (Wildman–Crippen MR) is 99.4 cm³/mol. The molecule has 0 spiro atoms. The maximum absolute atomic E-state index is 12.4. The van der Waals surface area contributed by atoms with Gasteiger partial charge in [0.25, 0.3) is 0 Å². The summed E-state index contributed by atoms with van der Waals surface area (Å²) in [7, 11) is 0. The Bertz CT molecular complexity index is 526.